The van der Waals surface area contributed by atoms with Crippen molar-refractivity contribution in [2.45, 2.75) is 13.5 Å². The van der Waals surface area contributed by atoms with Crippen LogP contribution in [0.1, 0.15) is 11.1 Å². The molecule has 0 aromatic heterocycles. The van der Waals surface area contributed by atoms with Gasteiger partial charge in [0.05, 0.1) is 0 Å². The molecule has 0 aliphatic carbocycles. The molecular formula is C14H14BrNO. The van der Waals surface area contributed by atoms with Gasteiger partial charge in [-0.15, -0.1) is 0 Å². The maximum Gasteiger partial charge on any atom is 0.123 e. The predicted molar refractivity (Wildman–Crippen MR) is 74.1 cm³/mol. The highest BCUT2D eigenvalue weighted by Crippen LogP contribution is 2.23. The van der Waals surface area contributed by atoms with E-state index in [1.54, 1.807) is 0 Å². The largest absolute Gasteiger partial charge is 0.489 e. The monoisotopic (exact) mass is 291 g/mol. The van der Waals surface area contributed by atoms with Gasteiger partial charge in [0.2, 0.25) is 0 Å². The summed E-state index contributed by atoms with van der Waals surface area (Å²) in [6, 6.07) is 13.7. The minimum Gasteiger partial charge on any atom is -0.489 e. The molecule has 0 bridgehead atoms. The summed E-state index contributed by atoms with van der Waals surface area (Å²) < 4.78 is 6.79. The summed E-state index contributed by atoms with van der Waals surface area (Å²) in [5.74, 6) is 0.891. The van der Waals surface area contributed by atoms with Crippen LogP contribution in [0.2, 0.25) is 0 Å². The zero-order valence-corrected chi connectivity index (χ0v) is 11.2. The van der Waals surface area contributed by atoms with Gasteiger partial charge in [0.25, 0.3) is 0 Å². The number of rotatable bonds is 3. The van der Waals surface area contributed by atoms with E-state index in [-0.39, 0.29) is 0 Å². The molecule has 88 valence electrons. The predicted octanol–water partition coefficient (Wildman–Crippen LogP) is 3.92. The summed E-state index contributed by atoms with van der Waals surface area (Å²) in [5.41, 5.74) is 8.68. The molecule has 0 unspecified atom stereocenters. The molecule has 0 spiro atoms. The van der Waals surface area contributed by atoms with Crippen LogP contribution in [0.25, 0.3) is 0 Å². The number of nitrogens with two attached hydrogens (primary N) is 1. The summed E-state index contributed by atoms with van der Waals surface area (Å²) in [6.07, 6.45) is 0. The Labute approximate surface area is 110 Å². The van der Waals surface area contributed by atoms with Crippen molar-refractivity contribution in [2.75, 3.05) is 5.73 Å². The molecule has 2 aromatic rings. The van der Waals surface area contributed by atoms with Crippen molar-refractivity contribution in [2.24, 2.45) is 0 Å². The van der Waals surface area contributed by atoms with E-state index >= 15 is 0 Å². The van der Waals surface area contributed by atoms with E-state index in [4.69, 9.17) is 10.5 Å². The van der Waals surface area contributed by atoms with E-state index in [0.717, 1.165) is 27.0 Å². The highest BCUT2D eigenvalue weighted by Gasteiger charge is 2.01. The lowest BCUT2D eigenvalue weighted by atomic mass is 10.2. The molecule has 0 radical (unpaired) electrons. The van der Waals surface area contributed by atoms with E-state index in [0.29, 0.717) is 6.61 Å². The Morgan fingerprint density at radius 2 is 2.00 bits per heavy atom. The minimum atomic E-state index is 0.530. The van der Waals surface area contributed by atoms with Crippen LogP contribution in [-0.2, 0) is 6.61 Å². The Morgan fingerprint density at radius 1 is 1.18 bits per heavy atom. The van der Waals surface area contributed by atoms with Crippen molar-refractivity contribution in [1.82, 2.24) is 0 Å². The molecule has 0 atom stereocenters. The molecule has 2 N–H and O–H groups in total. The van der Waals surface area contributed by atoms with Gasteiger partial charge >= 0.3 is 0 Å². The summed E-state index contributed by atoms with van der Waals surface area (Å²) in [6.45, 7) is 2.56. The molecule has 2 aromatic carbocycles. The van der Waals surface area contributed by atoms with E-state index in [1.165, 1.54) is 0 Å². The molecule has 0 saturated carbocycles. The lowest BCUT2D eigenvalue weighted by Crippen LogP contribution is -1.98. The third kappa shape index (κ3) is 3.24. The molecule has 2 nitrogen and oxygen atoms in total. The van der Waals surface area contributed by atoms with Crippen LogP contribution in [0.5, 0.6) is 5.75 Å². The van der Waals surface area contributed by atoms with Gasteiger partial charge < -0.3 is 10.5 Å². The molecule has 0 amide bonds. The Kier molecular flexibility index (Phi) is 3.69. The zero-order valence-electron chi connectivity index (χ0n) is 9.61. The SMILES string of the molecule is Cc1ccc(Br)cc1OCc1cccc(N)c1. The molecule has 2 rings (SSSR count). The average molecular weight is 292 g/mol. The fourth-order valence-corrected chi connectivity index (χ4v) is 1.91. The fourth-order valence-electron chi connectivity index (χ4n) is 1.57. The van der Waals surface area contributed by atoms with E-state index in [1.807, 2.05) is 49.4 Å². The molecule has 0 aliphatic heterocycles. The Morgan fingerprint density at radius 3 is 2.76 bits per heavy atom. The molecule has 3 heteroatoms. The Balaban J connectivity index is 2.09. The van der Waals surface area contributed by atoms with Crippen LogP contribution in [0, 0.1) is 6.92 Å². The maximum atomic E-state index is 5.77. The second kappa shape index (κ2) is 5.23. The first-order valence-electron chi connectivity index (χ1n) is 5.38. The van der Waals surface area contributed by atoms with Crippen molar-refractivity contribution in [1.29, 1.82) is 0 Å². The highest BCUT2D eigenvalue weighted by molar-refractivity contribution is 9.10. The normalized spacial score (nSPS) is 10.2. The first-order valence-corrected chi connectivity index (χ1v) is 6.18. The van der Waals surface area contributed by atoms with Crippen LogP contribution in [0.15, 0.2) is 46.9 Å². The van der Waals surface area contributed by atoms with Gasteiger partial charge in [0.15, 0.2) is 0 Å². The van der Waals surface area contributed by atoms with E-state index in [2.05, 4.69) is 15.9 Å². The van der Waals surface area contributed by atoms with E-state index in [9.17, 15) is 0 Å². The number of hydrogen-bond acceptors (Lipinski definition) is 2. The lowest BCUT2D eigenvalue weighted by molar-refractivity contribution is 0.304. The molecular weight excluding hydrogens is 278 g/mol. The van der Waals surface area contributed by atoms with Crippen molar-refractivity contribution in [3.05, 3.63) is 58.1 Å². The summed E-state index contributed by atoms with van der Waals surface area (Å²) in [7, 11) is 0. The van der Waals surface area contributed by atoms with Gasteiger partial charge in [-0.05, 0) is 42.3 Å². The van der Waals surface area contributed by atoms with Crippen LogP contribution in [0.3, 0.4) is 0 Å². The number of aryl methyl sites for hydroxylation is 1. The van der Waals surface area contributed by atoms with Gasteiger partial charge in [0, 0.05) is 10.2 Å². The quantitative estimate of drug-likeness (QED) is 0.870. The highest BCUT2D eigenvalue weighted by atomic mass is 79.9. The van der Waals surface area contributed by atoms with Crippen LogP contribution in [0.4, 0.5) is 5.69 Å². The second-order valence-electron chi connectivity index (χ2n) is 3.94. The van der Waals surface area contributed by atoms with Gasteiger partial charge in [-0.25, -0.2) is 0 Å². The van der Waals surface area contributed by atoms with Crippen LogP contribution < -0.4 is 10.5 Å². The third-order valence-corrected chi connectivity index (χ3v) is 2.99. The summed E-state index contributed by atoms with van der Waals surface area (Å²) in [5, 5.41) is 0. The number of halogens is 1. The van der Waals surface area contributed by atoms with Crippen molar-refractivity contribution >= 4 is 21.6 Å². The zero-order chi connectivity index (χ0) is 12.3. The van der Waals surface area contributed by atoms with Gasteiger partial charge in [-0.3, -0.25) is 0 Å². The third-order valence-electron chi connectivity index (χ3n) is 2.50. The standard InChI is InChI=1S/C14H14BrNO/c1-10-5-6-12(15)8-14(10)17-9-11-3-2-4-13(16)7-11/h2-8H,9,16H2,1H3. The Bertz CT molecular complexity index is 525. The summed E-state index contributed by atoms with van der Waals surface area (Å²) in [4.78, 5) is 0. The van der Waals surface area contributed by atoms with Crippen LogP contribution in [-0.4, -0.2) is 0 Å². The number of anilines is 1. The first-order chi connectivity index (χ1) is 8.15. The van der Waals surface area contributed by atoms with Crippen molar-refractivity contribution in [3.63, 3.8) is 0 Å². The number of nitrogen functional groups attached to an aromatic ring is 1. The van der Waals surface area contributed by atoms with E-state index < -0.39 is 0 Å². The molecule has 0 heterocycles. The fraction of sp³-hybridized carbons (Fsp3) is 0.143. The second-order valence-corrected chi connectivity index (χ2v) is 4.86. The first kappa shape index (κ1) is 12.0. The Hall–Kier alpha value is -1.48. The topological polar surface area (TPSA) is 35.2 Å². The van der Waals surface area contributed by atoms with Crippen LogP contribution >= 0.6 is 15.9 Å². The van der Waals surface area contributed by atoms with Gasteiger partial charge in [0.1, 0.15) is 12.4 Å². The van der Waals surface area contributed by atoms with Crippen molar-refractivity contribution in [3.8, 4) is 5.75 Å². The van der Waals surface area contributed by atoms with Gasteiger partial charge in [-0.2, -0.15) is 0 Å². The number of benzene rings is 2. The molecule has 0 fully saturated rings. The number of ether oxygens (including phenoxy) is 1. The average Bonchev–Trinajstić information content (AvgIpc) is 2.30. The molecule has 0 aliphatic rings. The lowest BCUT2D eigenvalue weighted by Gasteiger charge is -2.09. The molecule has 0 saturated heterocycles. The summed E-state index contributed by atoms with van der Waals surface area (Å²) >= 11 is 3.43. The van der Waals surface area contributed by atoms with Crippen molar-refractivity contribution < 1.29 is 4.74 Å². The molecule has 17 heavy (non-hydrogen) atoms. The number of hydrogen-bond donors (Lipinski definition) is 1. The maximum absolute atomic E-state index is 5.77. The minimum absolute atomic E-state index is 0.530. The smallest absolute Gasteiger partial charge is 0.123 e. The van der Waals surface area contributed by atoms with Gasteiger partial charge in [-0.1, -0.05) is 34.1 Å².